The van der Waals surface area contributed by atoms with Gasteiger partial charge in [0.2, 0.25) is 0 Å². The van der Waals surface area contributed by atoms with E-state index in [1.54, 1.807) is 6.07 Å². The van der Waals surface area contributed by atoms with E-state index in [0.29, 0.717) is 5.46 Å². The van der Waals surface area contributed by atoms with Crippen LogP contribution in [-0.4, -0.2) is 21.7 Å². The van der Waals surface area contributed by atoms with Crippen molar-refractivity contribution in [1.29, 1.82) is 0 Å². The first-order chi connectivity index (χ1) is 18.6. The fourth-order valence-corrected chi connectivity index (χ4v) is 6.33. The summed E-state index contributed by atoms with van der Waals surface area (Å²) in [6.07, 6.45) is 0. The maximum Gasteiger partial charge on any atom is 0.488 e. The lowest BCUT2D eigenvalue weighted by Crippen LogP contribution is -2.29. The Morgan fingerprint density at radius 3 is 2.11 bits per heavy atom. The summed E-state index contributed by atoms with van der Waals surface area (Å²) in [5.74, 6) is 0.200. The molecule has 0 fully saturated rings. The maximum absolute atomic E-state index is 9.93. The molecule has 0 aliphatic carbocycles. The third kappa shape index (κ3) is 3.40. The molecular weight excluding hydrogens is 467 g/mol. The number of rotatable bonds is 4. The Morgan fingerprint density at radius 2 is 1.34 bits per heavy atom. The summed E-state index contributed by atoms with van der Waals surface area (Å²) in [6.45, 7) is 2.33. The number of anilines is 2. The minimum absolute atomic E-state index is 0.135. The monoisotopic (exact) mass is 494 g/mol. The van der Waals surface area contributed by atoms with Gasteiger partial charge in [0.05, 0.1) is 17.1 Å². The summed E-state index contributed by atoms with van der Waals surface area (Å²) in [7, 11) is -1.52. The lowest BCUT2D eigenvalue weighted by atomic mass is 9.80. The van der Waals surface area contributed by atoms with Crippen molar-refractivity contribution >= 4 is 45.8 Å². The number of nitrogens with zero attached hydrogens (tertiary/aromatic N) is 2. The molecule has 1 aromatic heterocycles. The first-order valence-corrected chi connectivity index (χ1v) is 13.1. The molecular formula is C33H27BN2O2. The van der Waals surface area contributed by atoms with Gasteiger partial charge >= 0.3 is 7.12 Å². The van der Waals surface area contributed by atoms with Crippen molar-refractivity contribution in [3.8, 4) is 5.69 Å². The van der Waals surface area contributed by atoms with Crippen LogP contribution in [0.5, 0.6) is 0 Å². The van der Waals surface area contributed by atoms with Crippen LogP contribution < -0.4 is 10.4 Å². The van der Waals surface area contributed by atoms with Crippen LogP contribution in [0.4, 0.5) is 11.4 Å². The van der Waals surface area contributed by atoms with E-state index in [1.165, 1.54) is 38.8 Å². The number of aromatic nitrogens is 1. The van der Waals surface area contributed by atoms with Gasteiger partial charge in [-0.25, -0.2) is 0 Å². The van der Waals surface area contributed by atoms with E-state index in [0.717, 1.165) is 11.2 Å². The van der Waals surface area contributed by atoms with Gasteiger partial charge in [0.15, 0.2) is 0 Å². The van der Waals surface area contributed by atoms with Crippen LogP contribution >= 0.6 is 0 Å². The highest BCUT2D eigenvalue weighted by Gasteiger charge is 2.40. The van der Waals surface area contributed by atoms with Crippen molar-refractivity contribution < 1.29 is 10.0 Å². The van der Waals surface area contributed by atoms with E-state index >= 15 is 0 Å². The van der Waals surface area contributed by atoms with Crippen molar-refractivity contribution in [3.05, 3.63) is 132 Å². The van der Waals surface area contributed by atoms with Crippen molar-refractivity contribution in [2.45, 2.75) is 18.9 Å². The molecule has 0 spiro atoms. The van der Waals surface area contributed by atoms with Crippen molar-refractivity contribution in [2.24, 2.45) is 0 Å². The van der Waals surface area contributed by atoms with Gasteiger partial charge < -0.3 is 19.5 Å². The van der Waals surface area contributed by atoms with Gasteiger partial charge in [0, 0.05) is 39.3 Å². The third-order valence-corrected chi connectivity index (χ3v) is 7.92. The molecule has 2 unspecified atom stereocenters. The minimum atomic E-state index is -1.52. The summed E-state index contributed by atoms with van der Waals surface area (Å²) < 4.78 is 2.29. The zero-order valence-electron chi connectivity index (χ0n) is 21.1. The van der Waals surface area contributed by atoms with Gasteiger partial charge in [-0.3, -0.25) is 0 Å². The first kappa shape index (κ1) is 22.8. The molecule has 0 saturated carbocycles. The Kier molecular flexibility index (Phi) is 5.36. The first-order valence-electron chi connectivity index (χ1n) is 13.1. The van der Waals surface area contributed by atoms with Crippen LogP contribution in [-0.2, 0) is 0 Å². The Morgan fingerprint density at radius 1 is 0.658 bits per heavy atom. The highest BCUT2D eigenvalue weighted by Crippen LogP contribution is 2.55. The van der Waals surface area contributed by atoms with E-state index in [4.69, 9.17) is 0 Å². The molecule has 5 heteroatoms. The fraction of sp³-hybridized carbons (Fsp3) is 0.0909. The molecule has 6 aromatic rings. The quantitative estimate of drug-likeness (QED) is 0.277. The molecule has 0 saturated heterocycles. The molecule has 7 rings (SSSR count). The van der Waals surface area contributed by atoms with Gasteiger partial charge in [-0.05, 0) is 47.4 Å². The average molecular weight is 494 g/mol. The number of fused-ring (bicyclic) bond motifs is 5. The maximum atomic E-state index is 9.93. The largest absolute Gasteiger partial charge is 0.488 e. The molecule has 1 aliphatic rings. The number of hydrogen-bond donors (Lipinski definition) is 2. The molecule has 5 aromatic carbocycles. The summed E-state index contributed by atoms with van der Waals surface area (Å²) >= 11 is 0. The summed E-state index contributed by atoms with van der Waals surface area (Å²) in [6, 6.07) is 42.1. The van der Waals surface area contributed by atoms with Crippen LogP contribution in [0.3, 0.4) is 0 Å². The molecule has 4 nitrogen and oxygen atoms in total. The van der Waals surface area contributed by atoms with E-state index in [9.17, 15) is 10.0 Å². The summed E-state index contributed by atoms with van der Waals surface area (Å²) in [5.41, 5.74) is 8.60. The molecule has 2 heterocycles. The molecule has 1 aliphatic heterocycles. The molecule has 0 bridgehead atoms. The van der Waals surface area contributed by atoms with E-state index in [-0.39, 0.29) is 12.0 Å². The summed E-state index contributed by atoms with van der Waals surface area (Å²) in [5, 5.41) is 22.2. The van der Waals surface area contributed by atoms with Crippen LogP contribution in [0.2, 0.25) is 0 Å². The van der Waals surface area contributed by atoms with Gasteiger partial charge in [0.25, 0.3) is 0 Å². The second-order valence-corrected chi connectivity index (χ2v) is 10.1. The van der Waals surface area contributed by atoms with Crippen molar-refractivity contribution in [2.75, 3.05) is 4.90 Å². The predicted octanol–water partition coefficient (Wildman–Crippen LogP) is 6.46. The molecule has 38 heavy (non-hydrogen) atoms. The summed E-state index contributed by atoms with van der Waals surface area (Å²) in [4.78, 5) is 2.48. The zero-order valence-corrected chi connectivity index (χ0v) is 21.1. The highest BCUT2D eigenvalue weighted by molar-refractivity contribution is 6.58. The normalized spacial score (nSPS) is 16.8. The van der Waals surface area contributed by atoms with Crippen LogP contribution in [0.25, 0.3) is 27.5 Å². The smallest absolute Gasteiger partial charge is 0.423 e. The number of benzene rings is 5. The minimum Gasteiger partial charge on any atom is -0.423 e. The molecule has 184 valence electrons. The van der Waals surface area contributed by atoms with Gasteiger partial charge in [-0.15, -0.1) is 0 Å². The number of hydrogen-bond acceptors (Lipinski definition) is 3. The third-order valence-electron chi connectivity index (χ3n) is 7.92. The molecule has 0 radical (unpaired) electrons. The van der Waals surface area contributed by atoms with E-state index < -0.39 is 7.12 Å². The Balaban J connectivity index is 1.58. The zero-order chi connectivity index (χ0) is 25.8. The second-order valence-electron chi connectivity index (χ2n) is 10.1. The molecule has 2 N–H and O–H groups in total. The average Bonchev–Trinajstić information content (AvgIpc) is 3.46. The van der Waals surface area contributed by atoms with Gasteiger partial charge in [0.1, 0.15) is 0 Å². The van der Waals surface area contributed by atoms with Gasteiger partial charge in [-0.1, -0.05) is 91.9 Å². The Labute approximate surface area is 222 Å². The van der Waals surface area contributed by atoms with Gasteiger partial charge in [-0.2, -0.15) is 0 Å². The van der Waals surface area contributed by atoms with E-state index in [1.807, 2.05) is 18.2 Å². The lowest BCUT2D eigenvalue weighted by Gasteiger charge is -2.30. The molecule has 0 amide bonds. The number of para-hydroxylation sites is 2. The lowest BCUT2D eigenvalue weighted by molar-refractivity contribution is 0.426. The standard InChI is InChI=1S/C33H27BN2O2/c1-22-31-30(35(25-14-6-3-7-15-25)32(22)23-11-4-2-5-12-23)20-19-28-27-17-8-9-18-29(27)36(33(28)31)26-16-10-13-24(21-26)34(37)38/h2-22,32,37-38H,1H3. The molecule has 2 atom stereocenters. The second kappa shape index (κ2) is 8.91. The SMILES string of the molecule is CC1c2c(ccc3c4ccccc4n(-c4cccc(B(O)O)c4)c23)N(c2ccccc2)C1c1ccccc1. The topological polar surface area (TPSA) is 48.6 Å². The Hall–Kier alpha value is -4.32. The van der Waals surface area contributed by atoms with Crippen molar-refractivity contribution in [3.63, 3.8) is 0 Å². The van der Waals surface area contributed by atoms with Crippen molar-refractivity contribution in [1.82, 2.24) is 4.57 Å². The van der Waals surface area contributed by atoms with E-state index in [2.05, 4.69) is 113 Å². The van der Waals surface area contributed by atoms with Crippen LogP contribution in [0, 0.1) is 0 Å². The van der Waals surface area contributed by atoms with Crippen LogP contribution in [0.1, 0.15) is 30.0 Å². The Bertz CT molecular complexity index is 1780. The van der Waals surface area contributed by atoms with Crippen LogP contribution in [0.15, 0.2) is 121 Å². The fourth-order valence-electron chi connectivity index (χ4n) is 6.33. The predicted molar refractivity (Wildman–Crippen MR) is 157 cm³/mol. The highest BCUT2D eigenvalue weighted by atomic mass is 16.4.